The zero-order chi connectivity index (χ0) is 11.8. The van der Waals surface area contributed by atoms with E-state index >= 15 is 0 Å². The summed E-state index contributed by atoms with van der Waals surface area (Å²) < 4.78 is 0. The third kappa shape index (κ3) is 1.87. The van der Waals surface area contributed by atoms with E-state index in [1.807, 2.05) is 13.0 Å². The summed E-state index contributed by atoms with van der Waals surface area (Å²) in [7, 11) is 0. The van der Waals surface area contributed by atoms with Gasteiger partial charge in [-0.25, -0.2) is 0 Å². The fourth-order valence-electron chi connectivity index (χ4n) is 2.43. The molecule has 1 fully saturated rings. The lowest BCUT2D eigenvalue weighted by atomic mass is 9.78. The Morgan fingerprint density at radius 2 is 2.31 bits per heavy atom. The largest absolute Gasteiger partial charge is 0.327 e. The molecular weight excluding hydrogens is 222 g/mol. The summed E-state index contributed by atoms with van der Waals surface area (Å²) in [5.74, 6) is 0.125. The lowest BCUT2D eigenvalue weighted by Crippen LogP contribution is -2.41. The van der Waals surface area contributed by atoms with Crippen molar-refractivity contribution < 1.29 is 4.79 Å². The molecule has 1 saturated carbocycles. The molecule has 0 bridgehead atoms. The molecular formula is C13H16ClNO. The molecule has 3 heteroatoms. The highest BCUT2D eigenvalue weighted by Crippen LogP contribution is 2.39. The zero-order valence-electron chi connectivity index (χ0n) is 9.37. The molecule has 1 aromatic rings. The van der Waals surface area contributed by atoms with Gasteiger partial charge in [-0.15, -0.1) is 0 Å². The quantitative estimate of drug-likeness (QED) is 0.804. The van der Waals surface area contributed by atoms with Crippen molar-refractivity contribution in [2.24, 2.45) is 11.1 Å². The van der Waals surface area contributed by atoms with E-state index in [0.29, 0.717) is 10.6 Å². The molecule has 1 aliphatic rings. The van der Waals surface area contributed by atoms with Gasteiger partial charge < -0.3 is 5.73 Å². The third-order valence-electron chi connectivity index (χ3n) is 3.64. The first-order valence-electron chi connectivity index (χ1n) is 5.60. The van der Waals surface area contributed by atoms with Crippen LogP contribution in [0.5, 0.6) is 0 Å². The Kier molecular flexibility index (Phi) is 3.04. The predicted molar refractivity (Wildman–Crippen MR) is 65.7 cm³/mol. The molecule has 2 rings (SSSR count). The second-order valence-corrected chi connectivity index (χ2v) is 5.19. The highest BCUT2D eigenvalue weighted by molar-refractivity contribution is 6.31. The van der Waals surface area contributed by atoms with Crippen LogP contribution in [0, 0.1) is 5.41 Å². The molecule has 0 aliphatic heterocycles. The van der Waals surface area contributed by atoms with Crippen LogP contribution in [0.3, 0.4) is 0 Å². The number of rotatable bonds is 2. The van der Waals surface area contributed by atoms with E-state index in [1.165, 1.54) is 0 Å². The molecule has 1 aliphatic carbocycles. The Labute approximate surface area is 101 Å². The van der Waals surface area contributed by atoms with Crippen molar-refractivity contribution in [3.8, 4) is 0 Å². The van der Waals surface area contributed by atoms with Crippen molar-refractivity contribution in [1.29, 1.82) is 0 Å². The van der Waals surface area contributed by atoms with Gasteiger partial charge in [0.2, 0.25) is 0 Å². The van der Waals surface area contributed by atoms with Crippen molar-refractivity contribution in [1.82, 2.24) is 0 Å². The van der Waals surface area contributed by atoms with E-state index in [0.717, 1.165) is 19.3 Å². The number of benzene rings is 1. The predicted octanol–water partition coefficient (Wildman–Crippen LogP) is 3.04. The smallest absolute Gasteiger partial charge is 0.170 e. The SMILES string of the molecule is CC1(C(=O)c2cccc(Cl)c2)CCCC1N. The molecule has 0 saturated heterocycles. The highest BCUT2D eigenvalue weighted by atomic mass is 35.5. The maximum atomic E-state index is 12.4. The Morgan fingerprint density at radius 3 is 2.88 bits per heavy atom. The van der Waals surface area contributed by atoms with Crippen molar-refractivity contribution in [3.05, 3.63) is 34.9 Å². The van der Waals surface area contributed by atoms with Crippen LogP contribution in [0.2, 0.25) is 5.02 Å². The summed E-state index contributed by atoms with van der Waals surface area (Å²) in [5, 5.41) is 0.598. The van der Waals surface area contributed by atoms with Gasteiger partial charge in [-0.3, -0.25) is 4.79 Å². The average molecular weight is 238 g/mol. The van der Waals surface area contributed by atoms with Crippen LogP contribution in [0.25, 0.3) is 0 Å². The Hall–Kier alpha value is -0.860. The first-order valence-corrected chi connectivity index (χ1v) is 5.98. The van der Waals surface area contributed by atoms with E-state index in [1.54, 1.807) is 18.2 Å². The van der Waals surface area contributed by atoms with Gasteiger partial charge in [0.1, 0.15) is 0 Å². The highest BCUT2D eigenvalue weighted by Gasteiger charge is 2.43. The number of hydrogen-bond donors (Lipinski definition) is 1. The van der Waals surface area contributed by atoms with Crippen molar-refractivity contribution >= 4 is 17.4 Å². The summed E-state index contributed by atoms with van der Waals surface area (Å²) in [5.41, 5.74) is 6.30. The monoisotopic (exact) mass is 237 g/mol. The van der Waals surface area contributed by atoms with Crippen molar-refractivity contribution in [2.75, 3.05) is 0 Å². The molecule has 0 aromatic heterocycles. The number of nitrogens with two attached hydrogens (primary N) is 1. The van der Waals surface area contributed by atoms with E-state index in [2.05, 4.69) is 0 Å². The lowest BCUT2D eigenvalue weighted by molar-refractivity contribution is 0.0802. The summed E-state index contributed by atoms with van der Waals surface area (Å²) in [6.45, 7) is 1.97. The van der Waals surface area contributed by atoms with Gasteiger partial charge in [-0.05, 0) is 25.0 Å². The molecule has 0 radical (unpaired) electrons. The van der Waals surface area contributed by atoms with E-state index in [-0.39, 0.29) is 11.8 Å². The molecule has 2 N–H and O–H groups in total. The molecule has 86 valence electrons. The summed E-state index contributed by atoms with van der Waals surface area (Å²) >= 11 is 5.89. The van der Waals surface area contributed by atoms with Gasteiger partial charge in [-0.1, -0.05) is 37.1 Å². The normalized spacial score (nSPS) is 29.3. The average Bonchev–Trinajstić information content (AvgIpc) is 2.59. The zero-order valence-corrected chi connectivity index (χ0v) is 10.1. The number of carbonyl (C=O) groups is 1. The molecule has 2 nitrogen and oxygen atoms in total. The van der Waals surface area contributed by atoms with Gasteiger partial charge in [0.15, 0.2) is 5.78 Å². The van der Waals surface area contributed by atoms with Crippen LogP contribution in [0.1, 0.15) is 36.5 Å². The minimum atomic E-state index is -0.412. The van der Waals surface area contributed by atoms with Gasteiger partial charge in [0, 0.05) is 22.0 Å². The molecule has 2 atom stereocenters. The van der Waals surface area contributed by atoms with Crippen LogP contribution in [-0.4, -0.2) is 11.8 Å². The first kappa shape index (κ1) is 11.6. The number of halogens is 1. The minimum Gasteiger partial charge on any atom is -0.327 e. The number of ketones is 1. The summed E-state index contributed by atoms with van der Waals surface area (Å²) in [6.07, 6.45) is 2.84. The molecule has 0 heterocycles. The van der Waals surface area contributed by atoms with E-state index in [4.69, 9.17) is 17.3 Å². The first-order chi connectivity index (χ1) is 7.54. The fourth-order valence-corrected chi connectivity index (χ4v) is 2.62. The summed E-state index contributed by atoms with van der Waals surface area (Å²) in [4.78, 5) is 12.4. The van der Waals surface area contributed by atoms with Gasteiger partial charge in [0.05, 0.1) is 0 Å². The lowest BCUT2D eigenvalue weighted by Gasteiger charge is -2.27. The van der Waals surface area contributed by atoms with Crippen molar-refractivity contribution in [3.63, 3.8) is 0 Å². The maximum absolute atomic E-state index is 12.4. The molecule has 0 amide bonds. The molecule has 1 aromatic carbocycles. The minimum absolute atomic E-state index is 0.0287. The Balaban J connectivity index is 2.32. The van der Waals surface area contributed by atoms with Crippen LogP contribution in [0.15, 0.2) is 24.3 Å². The maximum Gasteiger partial charge on any atom is 0.170 e. The van der Waals surface area contributed by atoms with E-state index in [9.17, 15) is 4.79 Å². The third-order valence-corrected chi connectivity index (χ3v) is 3.87. The number of hydrogen-bond acceptors (Lipinski definition) is 2. The standard InChI is InChI=1S/C13H16ClNO/c1-13(7-3-6-11(13)15)12(16)9-4-2-5-10(14)8-9/h2,4-5,8,11H,3,6-7,15H2,1H3. The molecule has 0 spiro atoms. The van der Waals surface area contributed by atoms with Gasteiger partial charge in [0.25, 0.3) is 0 Å². The van der Waals surface area contributed by atoms with Gasteiger partial charge in [-0.2, -0.15) is 0 Å². The van der Waals surface area contributed by atoms with Crippen LogP contribution in [-0.2, 0) is 0 Å². The Morgan fingerprint density at radius 1 is 1.56 bits per heavy atom. The number of Topliss-reactive ketones (excluding diaryl/α,β-unsaturated/α-hetero) is 1. The summed E-state index contributed by atoms with van der Waals surface area (Å²) in [6, 6.07) is 7.08. The second kappa shape index (κ2) is 4.19. The van der Waals surface area contributed by atoms with Crippen molar-refractivity contribution in [2.45, 2.75) is 32.2 Å². The van der Waals surface area contributed by atoms with Crippen LogP contribution >= 0.6 is 11.6 Å². The molecule has 2 unspecified atom stereocenters. The van der Waals surface area contributed by atoms with E-state index < -0.39 is 5.41 Å². The number of carbonyl (C=O) groups excluding carboxylic acids is 1. The second-order valence-electron chi connectivity index (χ2n) is 4.76. The van der Waals surface area contributed by atoms with Crippen LogP contribution in [0.4, 0.5) is 0 Å². The van der Waals surface area contributed by atoms with Crippen LogP contribution < -0.4 is 5.73 Å². The van der Waals surface area contributed by atoms with Gasteiger partial charge >= 0.3 is 0 Å². The topological polar surface area (TPSA) is 43.1 Å². The molecule has 16 heavy (non-hydrogen) atoms. The Bertz CT molecular complexity index is 418. The fraction of sp³-hybridized carbons (Fsp3) is 0.462.